The molecule has 0 spiro atoms. The first-order valence-electron chi connectivity index (χ1n) is 22.7. The van der Waals surface area contributed by atoms with Crippen LogP contribution in [0.15, 0.2) is 48.6 Å². The zero-order valence-corrected chi connectivity index (χ0v) is 36.8. The molecular weight excluding hydrogens is 703 g/mol. The highest BCUT2D eigenvalue weighted by molar-refractivity contribution is 5.72. The fourth-order valence-electron chi connectivity index (χ4n) is 6.45. The summed E-state index contributed by atoms with van der Waals surface area (Å²) in [4.78, 5) is 37.0. The van der Waals surface area contributed by atoms with Gasteiger partial charge in [-0.1, -0.05) is 146 Å². The number of carboxylic acid groups (broad SMARTS) is 1. The van der Waals surface area contributed by atoms with E-state index in [0.29, 0.717) is 19.3 Å². The molecule has 0 aromatic heterocycles. The maximum atomic E-state index is 12.7. The SMILES string of the molecule is CC/C=C/C/C=C/C/C=C/CCCCCCCCC(=O)OC(COCCC(C(=O)O)[N+](C)(C)C)COC(=O)CCCCCCC/C=C/CCCCCCCCC. The fraction of sp³-hybridized carbons (Fsp3) is 0.771. The summed E-state index contributed by atoms with van der Waals surface area (Å²) in [6, 6.07) is -0.619. The van der Waals surface area contributed by atoms with Crippen LogP contribution >= 0.6 is 0 Å². The molecule has 324 valence electrons. The number of carbonyl (C=O) groups is 3. The topological polar surface area (TPSA) is 99.1 Å². The van der Waals surface area contributed by atoms with E-state index in [4.69, 9.17) is 14.2 Å². The number of ether oxygens (including phenoxy) is 3. The van der Waals surface area contributed by atoms with Gasteiger partial charge < -0.3 is 23.8 Å². The standard InChI is InChI=1S/C48H85NO7/c1-6-8-10-12-14-16-18-20-22-24-26-28-30-32-34-36-38-46(50)55-43-44(42-54-41-40-45(48(52)53)49(3,4)5)56-47(51)39-37-35-33-31-29-27-25-23-21-19-17-15-13-11-9-7-2/h9,11,15,17,21-24,44-45H,6-8,10,12-14,16,18-20,25-43H2,1-5H3/p+1/b11-9+,17-15+,23-21+,24-22+. The number of aliphatic carboxylic acids is 1. The van der Waals surface area contributed by atoms with Gasteiger partial charge in [0, 0.05) is 19.3 Å². The third kappa shape index (κ3) is 36.9. The lowest BCUT2D eigenvalue weighted by molar-refractivity contribution is -0.887. The smallest absolute Gasteiger partial charge is 0.362 e. The maximum Gasteiger partial charge on any atom is 0.362 e. The molecule has 0 radical (unpaired) electrons. The van der Waals surface area contributed by atoms with Gasteiger partial charge in [0.2, 0.25) is 0 Å². The van der Waals surface area contributed by atoms with Crippen LogP contribution in [0.2, 0.25) is 0 Å². The minimum absolute atomic E-state index is 0.0526. The van der Waals surface area contributed by atoms with E-state index >= 15 is 0 Å². The van der Waals surface area contributed by atoms with Crippen LogP contribution in [0.25, 0.3) is 0 Å². The number of quaternary nitrogens is 1. The molecule has 0 saturated carbocycles. The van der Waals surface area contributed by atoms with Crippen LogP contribution in [0.4, 0.5) is 0 Å². The van der Waals surface area contributed by atoms with Gasteiger partial charge in [0.25, 0.3) is 0 Å². The van der Waals surface area contributed by atoms with Crippen molar-refractivity contribution in [3.63, 3.8) is 0 Å². The Morgan fingerprint density at radius 1 is 0.554 bits per heavy atom. The average Bonchev–Trinajstić information content (AvgIpc) is 3.15. The Hall–Kier alpha value is -2.71. The monoisotopic (exact) mass is 789 g/mol. The van der Waals surface area contributed by atoms with E-state index in [1.807, 2.05) is 21.1 Å². The van der Waals surface area contributed by atoms with Crippen molar-refractivity contribution >= 4 is 17.9 Å². The van der Waals surface area contributed by atoms with Crippen molar-refractivity contribution in [2.45, 2.75) is 199 Å². The summed E-state index contributed by atoms with van der Waals surface area (Å²) in [5.74, 6) is -1.49. The second-order valence-corrected chi connectivity index (χ2v) is 16.3. The van der Waals surface area contributed by atoms with E-state index in [1.54, 1.807) is 0 Å². The van der Waals surface area contributed by atoms with Crippen LogP contribution in [0.5, 0.6) is 0 Å². The molecule has 0 heterocycles. The minimum Gasteiger partial charge on any atom is -0.477 e. The lowest BCUT2D eigenvalue weighted by atomic mass is 10.1. The van der Waals surface area contributed by atoms with Gasteiger partial charge >= 0.3 is 17.9 Å². The van der Waals surface area contributed by atoms with Gasteiger partial charge in [0.1, 0.15) is 6.61 Å². The number of hydrogen-bond acceptors (Lipinski definition) is 6. The molecule has 0 aliphatic rings. The summed E-state index contributed by atoms with van der Waals surface area (Å²) >= 11 is 0. The third-order valence-corrected chi connectivity index (χ3v) is 9.96. The third-order valence-electron chi connectivity index (χ3n) is 9.96. The van der Waals surface area contributed by atoms with E-state index in [1.165, 1.54) is 70.6 Å². The number of carboxylic acids is 1. The van der Waals surface area contributed by atoms with E-state index in [9.17, 15) is 19.5 Å². The van der Waals surface area contributed by atoms with Gasteiger partial charge in [-0.3, -0.25) is 9.59 Å². The van der Waals surface area contributed by atoms with E-state index in [0.717, 1.165) is 83.5 Å². The second-order valence-electron chi connectivity index (χ2n) is 16.3. The first-order chi connectivity index (χ1) is 27.1. The average molecular weight is 789 g/mol. The Balaban J connectivity index is 4.36. The van der Waals surface area contributed by atoms with Crippen molar-refractivity contribution in [3.05, 3.63) is 48.6 Å². The largest absolute Gasteiger partial charge is 0.477 e. The highest BCUT2D eigenvalue weighted by Gasteiger charge is 2.31. The predicted octanol–water partition coefficient (Wildman–Crippen LogP) is 12.4. The molecule has 1 N–H and O–H groups in total. The number of hydrogen-bond donors (Lipinski definition) is 1. The van der Waals surface area contributed by atoms with Gasteiger partial charge in [-0.25, -0.2) is 4.79 Å². The summed E-state index contributed by atoms with van der Waals surface area (Å²) < 4.78 is 17.3. The zero-order chi connectivity index (χ0) is 41.4. The zero-order valence-electron chi connectivity index (χ0n) is 36.8. The molecule has 0 aliphatic heterocycles. The Labute approximate surface area is 344 Å². The first-order valence-corrected chi connectivity index (χ1v) is 22.7. The predicted molar refractivity (Wildman–Crippen MR) is 234 cm³/mol. The molecule has 0 bridgehead atoms. The lowest BCUT2D eigenvalue weighted by Gasteiger charge is -2.31. The van der Waals surface area contributed by atoms with Gasteiger partial charge in [-0.15, -0.1) is 0 Å². The summed E-state index contributed by atoms with van der Waals surface area (Å²) in [6.45, 7) is 4.60. The van der Waals surface area contributed by atoms with Crippen molar-refractivity contribution in [1.82, 2.24) is 0 Å². The van der Waals surface area contributed by atoms with Crippen molar-refractivity contribution in [2.75, 3.05) is 41.0 Å². The summed E-state index contributed by atoms with van der Waals surface area (Å²) in [5, 5.41) is 9.62. The number of rotatable bonds is 40. The minimum atomic E-state index is -0.879. The first kappa shape index (κ1) is 53.3. The lowest BCUT2D eigenvalue weighted by Crippen LogP contribution is -2.50. The van der Waals surface area contributed by atoms with Crippen LogP contribution in [-0.4, -0.2) is 80.6 Å². The van der Waals surface area contributed by atoms with Gasteiger partial charge in [0.15, 0.2) is 12.1 Å². The fourth-order valence-corrected chi connectivity index (χ4v) is 6.45. The number of nitrogens with zero attached hydrogens (tertiary/aromatic N) is 1. The van der Waals surface area contributed by atoms with Crippen molar-refractivity contribution in [2.24, 2.45) is 0 Å². The van der Waals surface area contributed by atoms with E-state index < -0.39 is 18.1 Å². The van der Waals surface area contributed by atoms with Gasteiger partial charge in [0.05, 0.1) is 34.4 Å². The van der Waals surface area contributed by atoms with Crippen LogP contribution in [-0.2, 0) is 28.6 Å². The maximum absolute atomic E-state index is 12.7. The molecule has 0 aliphatic carbocycles. The normalized spacial score (nSPS) is 13.4. The van der Waals surface area contributed by atoms with E-state index in [2.05, 4.69) is 62.5 Å². The number of carbonyl (C=O) groups excluding carboxylic acids is 2. The van der Waals surface area contributed by atoms with Crippen LogP contribution < -0.4 is 0 Å². The van der Waals surface area contributed by atoms with Crippen LogP contribution in [0.1, 0.15) is 187 Å². The highest BCUT2D eigenvalue weighted by Crippen LogP contribution is 2.14. The summed E-state index contributed by atoms with van der Waals surface area (Å²) in [6.07, 6.45) is 45.8. The van der Waals surface area contributed by atoms with Crippen molar-refractivity contribution < 1.29 is 38.2 Å². The molecule has 8 nitrogen and oxygen atoms in total. The van der Waals surface area contributed by atoms with Gasteiger partial charge in [-0.2, -0.15) is 0 Å². The Morgan fingerprint density at radius 3 is 1.50 bits per heavy atom. The quantitative estimate of drug-likeness (QED) is 0.0286. The molecule has 0 fully saturated rings. The molecule has 0 rings (SSSR count). The Kier molecular flexibility index (Phi) is 37.2. The van der Waals surface area contributed by atoms with Crippen molar-refractivity contribution in [3.8, 4) is 0 Å². The summed E-state index contributed by atoms with van der Waals surface area (Å²) in [7, 11) is 5.52. The molecular formula is C48H86NO7+. The van der Waals surface area contributed by atoms with Crippen LogP contribution in [0, 0.1) is 0 Å². The molecule has 2 atom stereocenters. The van der Waals surface area contributed by atoms with Crippen LogP contribution in [0.3, 0.4) is 0 Å². The Bertz CT molecular complexity index is 1060. The number of esters is 2. The number of likely N-dealkylation sites (N-methyl/N-ethyl adjacent to an activating group) is 1. The molecule has 8 heteroatoms. The molecule has 0 saturated heterocycles. The Morgan fingerprint density at radius 2 is 1.00 bits per heavy atom. The number of unbranched alkanes of at least 4 members (excludes halogenated alkanes) is 18. The molecule has 0 amide bonds. The van der Waals surface area contributed by atoms with Gasteiger partial charge in [-0.05, 0) is 70.6 Å². The molecule has 0 aromatic rings. The summed E-state index contributed by atoms with van der Waals surface area (Å²) in [5.41, 5.74) is 0. The van der Waals surface area contributed by atoms with Crippen molar-refractivity contribution in [1.29, 1.82) is 0 Å². The highest BCUT2D eigenvalue weighted by atomic mass is 16.6. The molecule has 0 aromatic carbocycles. The molecule has 56 heavy (non-hydrogen) atoms. The second kappa shape index (κ2) is 39.1. The van der Waals surface area contributed by atoms with E-state index in [-0.39, 0.29) is 36.2 Å². The number of allylic oxidation sites excluding steroid dienone is 8. The molecule has 2 unspecified atom stereocenters.